The number of aliphatic hydroxyl groups is 1. The van der Waals surface area contributed by atoms with Crippen molar-refractivity contribution < 1.29 is 19.8 Å². The Balaban J connectivity index is 1.63. The van der Waals surface area contributed by atoms with Gasteiger partial charge in [-0.15, -0.1) is 5.10 Å². The number of aromatic nitrogens is 5. The molecule has 11 nitrogen and oxygen atoms in total. The van der Waals surface area contributed by atoms with E-state index in [1.807, 2.05) is 0 Å². The molecular formula is C20H17N7O4. The van der Waals surface area contributed by atoms with Gasteiger partial charge in [-0.1, -0.05) is 11.3 Å². The van der Waals surface area contributed by atoms with Gasteiger partial charge in [0.2, 0.25) is 5.95 Å². The monoisotopic (exact) mass is 419 g/mol. The zero-order valence-electron chi connectivity index (χ0n) is 16.1. The minimum Gasteiger partial charge on any atom is -0.478 e. The third-order valence-corrected chi connectivity index (χ3v) is 4.33. The van der Waals surface area contributed by atoms with Gasteiger partial charge in [0.15, 0.2) is 11.2 Å². The molecule has 0 bridgehead atoms. The van der Waals surface area contributed by atoms with Crippen molar-refractivity contribution in [1.29, 1.82) is 0 Å². The zero-order valence-corrected chi connectivity index (χ0v) is 16.1. The third-order valence-electron chi connectivity index (χ3n) is 4.33. The number of hydrogen-bond donors (Lipinski definition) is 4. The minimum atomic E-state index is -1.01. The van der Waals surface area contributed by atoms with Gasteiger partial charge in [0.25, 0.3) is 5.91 Å². The van der Waals surface area contributed by atoms with E-state index in [9.17, 15) is 9.59 Å². The topological polar surface area (TPSA) is 155 Å². The predicted octanol–water partition coefficient (Wildman–Crippen LogP) is 1.37. The van der Waals surface area contributed by atoms with Crippen LogP contribution in [0.3, 0.4) is 0 Å². The van der Waals surface area contributed by atoms with Crippen molar-refractivity contribution in [1.82, 2.24) is 30.3 Å². The smallest absolute Gasteiger partial charge is 0.335 e. The molecule has 0 radical (unpaired) electrons. The lowest BCUT2D eigenvalue weighted by Crippen LogP contribution is -2.26. The maximum Gasteiger partial charge on any atom is 0.335 e. The van der Waals surface area contributed by atoms with E-state index in [1.54, 1.807) is 36.4 Å². The summed E-state index contributed by atoms with van der Waals surface area (Å²) in [6.45, 7) is 0.00981. The maximum atomic E-state index is 12.2. The molecule has 0 fully saturated rings. The first-order chi connectivity index (χ1) is 15.0. The molecule has 0 unspecified atom stereocenters. The molecule has 0 saturated heterocycles. The quantitative estimate of drug-likeness (QED) is 0.347. The number of aliphatic hydroxyl groups excluding tert-OH is 1. The van der Waals surface area contributed by atoms with Crippen LogP contribution in [0.25, 0.3) is 16.9 Å². The van der Waals surface area contributed by atoms with E-state index in [-0.39, 0.29) is 30.6 Å². The summed E-state index contributed by atoms with van der Waals surface area (Å²) in [5.74, 6) is -1.05. The van der Waals surface area contributed by atoms with Gasteiger partial charge in [-0.05, 0) is 42.5 Å². The number of benzene rings is 2. The average Bonchev–Trinajstić information content (AvgIpc) is 3.21. The van der Waals surface area contributed by atoms with Crippen molar-refractivity contribution in [3.8, 4) is 5.69 Å². The molecule has 0 spiro atoms. The molecule has 2 heterocycles. The number of nitrogens with zero attached hydrogens (tertiary/aromatic N) is 5. The normalized spacial score (nSPS) is 10.7. The lowest BCUT2D eigenvalue weighted by atomic mass is 10.2. The Morgan fingerprint density at radius 1 is 1.06 bits per heavy atom. The Morgan fingerprint density at radius 3 is 2.61 bits per heavy atom. The highest BCUT2D eigenvalue weighted by Gasteiger charge is 2.13. The lowest BCUT2D eigenvalue weighted by molar-refractivity contribution is 0.0696. The van der Waals surface area contributed by atoms with Gasteiger partial charge in [0.1, 0.15) is 0 Å². The number of carbonyl (C=O) groups is 2. The highest BCUT2D eigenvalue weighted by atomic mass is 16.4. The number of carboxylic acids is 1. The summed E-state index contributed by atoms with van der Waals surface area (Å²) in [6.07, 6.45) is 1.51. The first kappa shape index (κ1) is 19.9. The molecule has 0 aliphatic heterocycles. The van der Waals surface area contributed by atoms with Crippen molar-refractivity contribution in [2.45, 2.75) is 0 Å². The maximum absolute atomic E-state index is 12.2. The van der Waals surface area contributed by atoms with Crippen molar-refractivity contribution in [2.24, 2.45) is 0 Å². The predicted molar refractivity (Wildman–Crippen MR) is 111 cm³/mol. The molecule has 2 aromatic carbocycles. The van der Waals surface area contributed by atoms with Crippen LogP contribution in [-0.2, 0) is 0 Å². The van der Waals surface area contributed by atoms with Crippen LogP contribution in [0, 0.1) is 0 Å². The fourth-order valence-electron chi connectivity index (χ4n) is 2.84. The first-order valence-corrected chi connectivity index (χ1v) is 9.23. The highest BCUT2D eigenvalue weighted by Crippen LogP contribution is 2.19. The van der Waals surface area contributed by atoms with E-state index in [0.29, 0.717) is 28.1 Å². The van der Waals surface area contributed by atoms with Crippen molar-refractivity contribution in [2.75, 3.05) is 18.5 Å². The van der Waals surface area contributed by atoms with Crippen molar-refractivity contribution in [3.63, 3.8) is 0 Å². The SMILES string of the molecule is O=C(O)c1ccc(Nc2ncc3nnn(-c4cccc(C(=O)NCCO)c4)c3n2)cc1. The van der Waals surface area contributed by atoms with Gasteiger partial charge < -0.3 is 20.8 Å². The van der Waals surface area contributed by atoms with Crippen molar-refractivity contribution >= 4 is 34.7 Å². The van der Waals surface area contributed by atoms with Crippen LogP contribution < -0.4 is 10.6 Å². The van der Waals surface area contributed by atoms with Crippen LogP contribution in [0.5, 0.6) is 0 Å². The van der Waals surface area contributed by atoms with Crippen LogP contribution >= 0.6 is 0 Å². The van der Waals surface area contributed by atoms with Crippen LogP contribution in [-0.4, -0.2) is 60.2 Å². The van der Waals surface area contributed by atoms with Gasteiger partial charge in [0.05, 0.1) is 24.1 Å². The number of amides is 1. The standard InChI is InChI=1S/C20H17N7O4/c28-9-8-21-18(29)13-2-1-3-15(10-13)27-17-16(25-26-27)11-22-20(24-17)23-14-6-4-12(5-7-14)19(30)31/h1-7,10-11,28H,8-9H2,(H,21,29)(H,30,31)(H,22,23,24). The largest absolute Gasteiger partial charge is 0.478 e. The summed E-state index contributed by atoms with van der Waals surface area (Å²) in [6, 6.07) is 12.9. The number of aromatic carboxylic acids is 1. The number of fused-ring (bicyclic) bond motifs is 1. The van der Waals surface area contributed by atoms with E-state index in [2.05, 4.69) is 30.9 Å². The number of nitrogens with one attached hydrogen (secondary N) is 2. The van der Waals surface area contributed by atoms with Crippen LogP contribution in [0.1, 0.15) is 20.7 Å². The molecule has 0 atom stereocenters. The van der Waals surface area contributed by atoms with Gasteiger partial charge in [-0.3, -0.25) is 4.79 Å². The van der Waals surface area contributed by atoms with Gasteiger partial charge in [-0.25, -0.2) is 9.78 Å². The van der Waals surface area contributed by atoms with Gasteiger partial charge >= 0.3 is 5.97 Å². The zero-order chi connectivity index (χ0) is 21.8. The number of carbonyl (C=O) groups excluding carboxylic acids is 1. The van der Waals surface area contributed by atoms with Crippen LogP contribution in [0.2, 0.25) is 0 Å². The van der Waals surface area contributed by atoms with E-state index in [4.69, 9.17) is 10.2 Å². The Kier molecular flexibility index (Phi) is 5.49. The molecule has 156 valence electrons. The fraction of sp³-hybridized carbons (Fsp3) is 0.100. The molecule has 4 rings (SSSR count). The van der Waals surface area contributed by atoms with E-state index < -0.39 is 5.97 Å². The summed E-state index contributed by atoms with van der Waals surface area (Å²) in [5.41, 5.74) is 2.66. The number of carboxylic acid groups (broad SMARTS) is 1. The molecule has 31 heavy (non-hydrogen) atoms. The summed E-state index contributed by atoms with van der Waals surface area (Å²) in [5, 5.41) is 31.6. The molecule has 11 heteroatoms. The van der Waals surface area contributed by atoms with Crippen LogP contribution in [0.4, 0.5) is 11.6 Å². The second kappa shape index (κ2) is 8.55. The molecule has 4 aromatic rings. The molecule has 0 saturated carbocycles. The molecule has 0 aliphatic rings. The van der Waals surface area contributed by atoms with Crippen LogP contribution in [0.15, 0.2) is 54.7 Å². The number of rotatable bonds is 7. The average molecular weight is 419 g/mol. The highest BCUT2D eigenvalue weighted by molar-refractivity contribution is 5.94. The summed E-state index contributed by atoms with van der Waals surface area (Å²) in [4.78, 5) is 31.8. The van der Waals surface area contributed by atoms with E-state index >= 15 is 0 Å². The Labute approximate surface area is 175 Å². The number of anilines is 2. The first-order valence-electron chi connectivity index (χ1n) is 9.23. The Morgan fingerprint density at radius 2 is 1.87 bits per heavy atom. The van der Waals surface area contributed by atoms with E-state index in [0.717, 1.165) is 0 Å². The van der Waals surface area contributed by atoms with E-state index in [1.165, 1.54) is 23.0 Å². The molecule has 0 aliphatic carbocycles. The summed E-state index contributed by atoms with van der Waals surface area (Å²) < 4.78 is 1.48. The van der Waals surface area contributed by atoms with Gasteiger partial charge in [-0.2, -0.15) is 9.67 Å². The molecule has 2 aromatic heterocycles. The third kappa shape index (κ3) is 4.31. The molecular weight excluding hydrogens is 402 g/mol. The second-order valence-electron chi connectivity index (χ2n) is 6.44. The Bertz CT molecular complexity index is 1250. The fourth-order valence-corrected chi connectivity index (χ4v) is 2.84. The molecule has 1 amide bonds. The Hall–Kier alpha value is -4.38. The minimum absolute atomic E-state index is 0.148. The van der Waals surface area contributed by atoms with Crippen molar-refractivity contribution in [3.05, 3.63) is 65.9 Å². The number of hydrogen-bond acceptors (Lipinski definition) is 8. The van der Waals surface area contributed by atoms with Gasteiger partial charge in [0, 0.05) is 17.8 Å². The second-order valence-corrected chi connectivity index (χ2v) is 6.44. The lowest BCUT2D eigenvalue weighted by Gasteiger charge is -2.07. The summed E-state index contributed by atoms with van der Waals surface area (Å²) >= 11 is 0. The summed E-state index contributed by atoms with van der Waals surface area (Å²) in [7, 11) is 0. The molecule has 4 N–H and O–H groups in total.